The third kappa shape index (κ3) is 2.96. The number of benzene rings is 1. The summed E-state index contributed by atoms with van der Waals surface area (Å²) in [5, 5.41) is 3.46. The van der Waals surface area contributed by atoms with Crippen LogP contribution in [0.1, 0.15) is 35.7 Å². The Bertz CT molecular complexity index is 819. The molecular formula is C20H23N3O. The molecule has 0 saturated heterocycles. The average molecular weight is 321 g/mol. The highest BCUT2D eigenvalue weighted by molar-refractivity contribution is 5.62. The molecule has 4 nitrogen and oxygen atoms in total. The Morgan fingerprint density at radius 3 is 2.71 bits per heavy atom. The molecule has 0 fully saturated rings. The maximum absolute atomic E-state index is 5.57. The predicted molar refractivity (Wildman–Crippen MR) is 96.1 cm³/mol. The highest BCUT2D eigenvalue weighted by Gasteiger charge is 2.13. The normalized spacial score (nSPS) is 13.8. The van der Waals surface area contributed by atoms with E-state index < -0.39 is 0 Å². The van der Waals surface area contributed by atoms with Crippen LogP contribution in [0.3, 0.4) is 0 Å². The van der Waals surface area contributed by atoms with Gasteiger partial charge in [0.25, 0.3) is 0 Å². The van der Waals surface area contributed by atoms with Crippen molar-refractivity contribution in [1.82, 2.24) is 9.55 Å². The van der Waals surface area contributed by atoms with Crippen LogP contribution >= 0.6 is 0 Å². The molecule has 24 heavy (non-hydrogen) atoms. The largest absolute Gasteiger partial charge is 0.466 e. The van der Waals surface area contributed by atoms with Crippen molar-refractivity contribution in [2.75, 3.05) is 5.32 Å². The van der Waals surface area contributed by atoms with Crippen molar-refractivity contribution in [3.63, 3.8) is 0 Å². The van der Waals surface area contributed by atoms with Gasteiger partial charge in [-0.3, -0.25) is 0 Å². The van der Waals surface area contributed by atoms with Gasteiger partial charge in [0.05, 0.1) is 5.69 Å². The molecule has 0 radical (unpaired) electrons. The Balaban J connectivity index is 1.46. The summed E-state index contributed by atoms with van der Waals surface area (Å²) in [5.41, 5.74) is 4.58. The van der Waals surface area contributed by atoms with Gasteiger partial charge < -0.3 is 14.3 Å². The fourth-order valence-corrected chi connectivity index (χ4v) is 3.37. The lowest BCUT2D eigenvalue weighted by Crippen LogP contribution is -2.08. The number of aromatic nitrogens is 2. The van der Waals surface area contributed by atoms with Crippen LogP contribution in [0.5, 0.6) is 0 Å². The molecule has 0 saturated carbocycles. The number of hydrogen-bond donors (Lipinski definition) is 1. The number of aryl methyl sites for hydroxylation is 4. The maximum atomic E-state index is 5.57. The van der Waals surface area contributed by atoms with Gasteiger partial charge in [0.2, 0.25) is 0 Å². The van der Waals surface area contributed by atoms with E-state index in [1.165, 1.54) is 29.8 Å². The van der Waals surface area contributed by atoms with Gasteiger partial charge in [0.15, 0.2) is 0 Å². The molecule has 0 bridgehead atoms. The Kier molecular flexibility index (Phi) is 3.89. The smallest absolute Gasteiger partial charge is 0.109 e. The van der Waals surface area contributed by atoms with E-state index in [1.807, 2.05) is 13.8 Å². The van der Waals surface area contributed by atoms with Crippen molar-refractivity contribution in [3.8, 4) is 11.3 Å². The van der Waals surface area contributed by atoms with Gasteiger partial charge in [-0.15, -0.1) is 0 Å². The zero-order chi connectivity index (χ0) is 16.5. The first-order valence-corrected chi connectivity index (χ1v) is 8.65. The molecule has 0 aliphatic carbocycles. The van der Waals surface area contributed by atoms with Gasteiger partial charge in [0.1, 0.15) is 17.3 Å². The number of nitrogens with one attached hydrogen (secondary N) is 1. The maximum Gasteiger partial charge on any atom is 0.109 e. The molecule has 1 N–H and O–H groups in total. The van der Waals surface area contributed by atoms with Crippen molar-refractivity contribution < 1.29 is 4.42 Å². The van der Waals surface area contributed by atoms with Crippen LogP contribution in [0, 0.1) is 13.8 Å². The summed E-state index contributed by atoms with van der Waals surface area (Å²) in [6, 6.07) is 10.6. The Labute approximate surface area is 142 Å². The highest BCUT2D eigenvalue weighted by atomic mass is 16.3. The third-order valence-electron chi connectivity index (χ3n) is 4.72. The zero-order valence-electron chi connectivity index (χ0n) is 14.3. The van der Waals surface area contributed by atoms with Crippen molar-refractivity contribution >= 4 is 5.69 Å². The summed E-state index contributed by atoms with van der Waals surface area (Å²) in [6.07, 6.45) is 5.81. The number of furan rings is 1. The molecule has 0 spiro atoms. The summed E-state index contributed by atoms with van der Waals surface area (Å²) < 4.78 is 7.87. The first-order chi connectivity index (χ1) is 11.7. The summed E-state index contributed by atoms with van der Waals surface area (Å²) in [4.78, 5) is 4.79. The zero-order valence-corrected chi connectivity index (χ0v) is 14.3. The summed E-state index contributed by atoms with van der Waals surface area (Å²) in [7, 11) is 0. The SMILES string of the molecule is Cc1cc(CNc2ccc(-c3cn4c(n3)CCCC4)cc2)c(C)o1. The molecule has 1 aromatic carbocycles. The first-order valence-electron chi connectivity index (χ1n) is 8.65. The number of hydrogen-bond acceptors (Lipinski definition) is 3. The molecule has 2 aromatic heterocycles. The molecule has 0 amide bonds. The highest BCUT2D eigenvalue weighted by Crippen LogP contribution is 2.24. The second-order valence-corrected chi connectivity index (χ2v) is 6.56. The number of imidazole rings is 1. The topological polar surface area (TPSA) is 43.0 Å². The van der Waals surface area contributed by atoms with E-state index in [0.717, 1.165) is 42.4 Å². The minimum atomic E-state index is 0.779. The van der Waals surface area contributed by atoms with Crippen LogP contribution in [-0.4, -0.2) is 9.55 Å². The van der Waals surface area contributed by atoms with Gasteiger partial charge in [-0.1, -0.05) is 12.1 Å². The van der Waals surface area contributed by atoms with Crippen molar-refractivity contribution in [2.45, 2.75) is 46.2 Å². The van der Waals surface area contributed by atoms with Crippen molar-refractivity contribution in [1.29, 1.82) is 0 Å². The first kappa shape index (κ1) is 15.1. The third-order valence-corrected chi connectivity index (χ3v) is 4.72. The number of fused-ring (bicyclic) bond motifs is 1. The standard InChI is InChI=1S/C20H23N3O/c1-14-11-17(15(2)24-14)12-21-18-8-6-16(7-9-18)19-13-23-10-4-3-5-20(23)22-19/h6-9,11,13,21H,3-5,10,12H2,1-2H3. The molecule has 0 atom stereocenters. The van der Waals surface area contributed by atoms with E-state index in [1.54, 1.807) is 0 Å². The molecule has 1 aliphatic heterocycles. The van der Waals surface area contributed by atoms with E-state index in [9.17, 15) is 0 Å². The minimum absolute atomic E-state index is 0.779. The van der Waals surface area contributed by atoms with Crippen LogP contribution in [0.2, 0.25) is 0 Å². The summed E-state index contributed by atoms with van der Waals surface area (Å²) in [6.45, 7) is 5.87. The molecular weight excluding hydrogens is 298 g/mol. The number of anilines is 1. The second-order valence-electron chi connectivity index (χ2n) is 6.56. The van der Waals surface area contributed by atoms with E-state index >= 15 is 0 Å². The van der Waals surface area contributed by atoms with Gasteiger partial charge in [0, 0.05) is 42.5 Å². The number of rotatable bonds is 4. The monoisotopic (exact) mass is 321 g/mol. The quantitative estimate of drug-likeness (QED) is 0.757. The van der Waals surface area contributed by atoms with Crippen LogP contribution in [0.4, 0.5) is 5.69 Å². The molecule has 3 aromatic rings. The molecule has 124 valence electrons. The summed E-state index contributed by atoms with van der Waals surface area (Å²) >= 11 is 0. The molecule has 0 unspecified atom stereocenters. The van der Waals surface area contributed by atoms with E-state index in [-0.39, 0.29) is 0 Å². The molecule has 3 heterocycles. The Morgan fingerprint density at radius 1 is 1.17 bits per heavy atom. The van der Waals surface area contributed by atoms with Crippen LogP contribution in [-0.2, 0) is 19.5 Å². The molecule has 1 aliphatic rings. The van der Waals surface area contributed by atoms with Crippen molar-refractivity contribution in [3.05, 3.63) is 59.4 Å². The van der Waals surface area contributed by atoms with Gasteiger partial charge in [-0.05, 0) is 44.9 Å². The average Bonchev–Trinajstić information content (AvgIpc) is 3.16. The lowest BCUT2D eigenvalue weighted by molar-refractivity contribution is 0.501. The lowest BCUT2D eigenvalue weighted by Gasteiger charge is -2.11. The van der Waals surface area contributed by atoms with E-state index in [2.05, 4.69) is 46.4 Å². The van der Waals surface area contributed by atoms with Crippen LogP contribution < -0.4 is 5.32 Å². The van der Waals surface area contributed by atoms with E-state index in [4.69, 9.17) is 9.40 Å². The minimum Gasteiger partial charge on any atom is -0.466 e. The van der Waals surface area contributed by atoms with Gasteiger partial charge in [-0.2, -0.15) is 0 Å². The van der Waals surface area contributed by atoms with Crippen LogP contribution in [0.25, 0.3) is 11.3 Å². The van der Waals surface area contributed by atoms with Crippen LogP contribution in [0.15, 0.2) is 40.9 Å². The molecule has 4 heteroatoms. The van der Waals surface area contributed by atoms with E-state index in [0.29, 0.717) is 0 Å². The lowest BCUT2D eigenvalue weighted by atomic mass is 10.1. The Morgan fingerprint density at radius 2 is 2.00 bits per heavy atom. The van der Waals surface area contributed by atoms with Gasteiger partial charge >= 0.3 is 0 Å². The summed E-state index contributed by atoms with van der Waals surface area (Å²) in [5.74, 6) is 3.17. The fraction of sp³-hybridized carbons (Fsp3) is 0.350. The van der Waals surface area contributed by atoms with Gasteiger partial charge in [-0.25, -0.2) is 4.98 Å². The Hall–Kier alpha value is -2.49. The van der Waals surface area contributed by atoms with Crippen molar-refractivity contribution in [2.24, 2.45) is 0 Å². The predicted octanol–water partition coefficient (Wildman–Crippen LogP) is 4.71. The number of nitrogens with zero attached hydrogens (tertiary/aromatic N) is 2. The second kappa shape index (κ2) is 6.19. The fourth-order valence-electron chi connectivity index (χ4n) is 3.37. The molecule has 4 rings (SSSR count).